The fourth-order valence-corrected chi connectivity index (χ4v) is 4.37. The van der Waals surface area contributed by atoms with Gasteiger partial charge in [-0.05, 0) is 41.8 Å². The van der Waals surface area contributed by atoms with Crippen molar-refractivity contribution in [1.82, 2.24) is 15.1 Å². The summed E-state index contributed by atoms with van der Waals surface area (Å²) in [6.45, 7) is 5.52. The summed E-state index contributed by atoms with van der Waals surface area (Å²) in [5.41, 5.74) is 1.62. The van der Waals surface area contributed by atoms with E-state index in [9.17, 15) is 13.2 Å². The number of aromatic nitrogens is 2. The summed E-state index contributed by atoms with van der Waals surface area (Å²) in [7, 11) is 0. The molecule has 2 heterocycles. The number of hydrogen-bond donors (Lipinski definition) is 2. The first-order valence-electron chi connectivity index (χ1n) is 12.5. The summed E-state index contributed by atoms with van der Waals surface area (Å²) in [6, 6.07) is 16.6. The predicted octanol–water partition coefficient (Wildman–Crippen LogP) is 5.95. The Bertz CT molecular complexity index is 1380. The van der Waals surface area contributed by atoms with Crippen molar-refractivity contribution in [1.29, 1.82) is 0 Å². The molecule has 3 aromatic carbocycles. The lowest BCUT2D eigenvalue weighted by atomic mass is 10.1. The van der Waals surface area contributed by atoms with Gasteiger partial charge in [-0.15, -0.1) is 5.10 Å². The number of halogens is 3. The number of nitrogens with zero attached hydrogens (tertiary/aromatic N) is 3. The monoisotopic (exact) mass is 523 g/mol. The third kappa shape index (κ3) is 5.81. The van der Waals surface area contributed by atoms with Crippen LogP contribution >= 0.6 is 0 Å². The number of nitrogens with one attached hydrogen (secondary N) is 2. The average molecular weight is 524 g/mol. The smallest absolute Gasteiger partial charge is 0.316 e. The first-order chi connectivity index (χ1) is 18.5. The summed E-state index contributed by atoms with van der Waals surface area (Å²) in [4.78, 5) is 2.28. The van der Waals surface area contributed by atoms with Gasteiger partial charge in [-0.2, -0.15) is 0 Å². The van der Waals surface area contributed by atoms with Crippen LogP contribution in [0.2, 0.25) is 0 Å². The van der Waals surface area contributed by atoms with E-state index in [1.54, 1.807) is 6.07 Å². The second kappa shape index (κ2) is 11.7. The second-order valence-corrected chi connectivity index (χ2v) is 9.01. The molecule has 0 radical (unpaired) electrons. The highest BCUT2D eigenvalue weighted by atomic mass is 19.2. The highest BCUT2D eigenvalue weighted by Gasteiger charge is 2.23. The Labute approximate surface area is 218 Å². The van der Waals surface area contributed by atoms with Gasteiger partial charge in [0.15, 0.2) is 11.6 Å². The fourth-order valence-electron chi connectivity index (χ4n) is 4.37. The van der Waals surface area contributed by atoms with Gasteiger partial charge >= 0.3 is 6.01 Å². The molecule has 1 unspecified atom stereocenters. The lowest BCUT2D eigenvalue weighted by Gasteiger charge is -2.30. The molecule has 0 saturated carbocycles. The van der Waals surface area contributed by atoms with Gasteiger partial charge in [-0.3, -0.25) is 4.90 Å². The number of hydrogen-bond acceptors (Lipinski definition) is 7. The zero-order valence-corrected chi connectivity index (χ0v) is 20.9. The van der Waals surface area contributed by atoms with E-state index in [0.717, 1.165) is 30.3 Å². The van der Waals surface area contributed by atoms with Crippen molar-refractivity contribution < 1.29 is 22.3 Å². The van der Waals surface area contributed by atoms with E-state index in [4.69, 9.17) is 9.15 Å². The third-order valence-corrected chi connectivity index (χ3v) is 6.50. The van der Waals surface area contributed by atoms with Gasteiger partial charge < -0.3 is 19.8 Å². The van der Waals surface area contributed by atoms with Crippen molar-refractivity contribution in [2.75, 3.05) is 43.5 Å². The Morgan fingerprint density at radius 3 is 2.47 bits per heavy atom. The van der Waals surface area contributed by atoms with Crippen LogP contribution in [0.5, 0.6) is 0 Å². The number of ether oxygens (including phenoxy) is 1. The minimum atomic E-state index is -1.18. The first kappa shape index (κ1) is 25.7. The first-order valence-corrected chi connectivity index (χ1v) is 12.5. The molecule has 0 aliphatic carbocycles. The summed E-state index contributed by atoms with van der Waals surface area (Å²) < 4.78 is 55.1. The quantitative estimate of drug-likeness (QED) is 0.281. The van der Waals surface area contributed by atoms with Gasteiger partial charge in [0, 0.05) is 19.6 Å². The van der Waals surface area contributed by atoms with Crippen molar-refractivity contribution >= 4 is 17.4 Å². The Morgan fingerprint density at radius 2 is 1.74 bits per heavy atom. The van der Waals surface area contributed by atoms with Gasteiger partial charge in [-0.1, -0.05) is 48.4 Å². The van der Waals surface area contributed by atoms with Crippen molar-refractivity contribution in [3.8, 4) is 11.5 Å². The van der Waals surface area contributed by atoms with Gasteiger partial charge in [0.2, 0.25) is 0 Å². The van der Waals surface area contributed by atoms with Crippen LogP contribution in [0.3, 0.4) is 0 Å². The predicted molar refractivity (Wildman–Crippen MR) is 139 cm³/mol. The van der Waals surface area contributed by atoms with Gasteiger partial charge in [0.05, 0.1) is 36.2 Å². The molecule has 1 aliphatic heterocycles. The molecule has 198 valence electrons. The van der Waals surface area contributed by atoms with E-state index >= 15 is 0 Å². The van der Waals surface area contributed by atoms with Crippen LogP contribution in [0.1, 0.15) is 24.1 Å². The lowest BCUT2D eigenvalue weighted by Crippen LogP contribution is -2.40. The molecule has 10 heteroatoms. The van der Waals surface area contributed by atoms with Crippen molar-refractivity contribution in [2.24, 2.45) is 0 Å². The molecule has 0 bridgehead atoms. The lowest BCUT2D eigenvalue weighted by molar-refractivity contribution is 0.0360. The molecule has 0 amide bonds. The molecule has 4 aromatic rings. The van der Waals surface area contributed by atoms with E-state index in [-0.39, 0.29) is 34.9 Å². The van der Waals surface area contributed by atoms with Crippen molar-refractivity contribution in [3.63, 3.8) is 0 Å². The highest BCUT2D eigenvalue weighted by Crippen LogP contribution is 2.35. The molecule has 1 saturated heterocycles. The number of aryl methyl sites for hydroxylation is 1. The normalized spacial score (nSPS) is 14.8. The van der Waals surface area contributed by atoms with E-state index < -0.39 is 17.5 Å². The SMILES string of the molecule is CCc1ccc(Nc2c(-c3nnc(NC(CN4CCOCC4)c4ccccc4)o3)ccc(F)c2F)c(F)c1. The van der Waals surface area contributed by atoms with E-state index in [1.807, 2.05) is 37.3 Å². The number of morpholine rings is 1. The zero-order valence-electron chi connectivity index (χ0n) is 20.9. The van der Waals surface area contributed by atoms with Crippen LogP contribution in [-0.2, 0) is 11.2 Å². The largest absolute Gasteiger partial charge is 0.403 e. The van der Waals surface area contributed by atoms with Crippen LogP contribution in [0.15, 0.2) is 65.1 Å². The van der Waals surface area contributed by atoms with E-state index in [1.165, 1.54) is 18.2 Å². The maximum absolute atomic E-state index is 14.9. The molecule has 38 heavy (non-hydrogen) atoms. The molecule has 1 fully saturated rings. The topological polar surface area (TPSA) is 75.5 Å². The van der Waals surface area contributed by atoms with Crippen LogP contribution in [0, 0.1) is 17.5 Å². The maximum Gasteiger partial charge on any atom is 0.316 e. The number of anilines is 3. The molecule has 1 aromatic heterocycles. The van der Waals surface area contributed by atoms with Crippen LogP contribution in [0.25, 0.3) is 11.5 Å². The zero-order chi connectivity index (χ0) is 26.5. The van der Waals surface area contributed by atoms with Gasteiger partial charge in [0.25, 0.3) is 5.89 Å². The minimum Gasteiger partial charge on any atom is -0.403 e. The molecule has 5 rings (SSSR count). The molecule has 7 nitrogen and oxygen atoms in total. The number of benzene rings is 3. The molecule has 1 atom stereocenters. The summed E-state index contributed by atoms with van der Waals surface area (Å²) in [6.07, 6.45) is 0.643. The molecule has 0 spiro atoms. The summed E-state index contributed by atoms with van der Waals surface area (Å²) >= 11 is 0. The Kier molecular flexibility index (Phi) is 7.90. The van der Waals surface area contributed by atoms with Gasteiger partial charge in [0.1, 0.15) is 5.82 Å². The van der Waals surface area contributed by atoms with Gasteiger partial charge in [-0.25, -0.2) is 13.2 Å². The van der Waals surface area contributed by atoms with Crippen LogP contribution < -0.4 is 10.6 Å². The second-order valence-electron chi connectivity index (χ2n) is 9.01. The Hall–Kier alpha value is -3.89. The van der Waals surface area contributed by atoms with Crippen molar-refractivity contribution in [3.05, 3.63) is 89.2 Å². The minimum absolute atomic E-state index is 0.000432. The standard InChI is InChI=1S/C28H28F3N5O2/c1-2-18-8-11-23(22(30)16-18)32-26-20(9-10-21(29)25(26)31)27-34-35-28(38-27)33-24(19-6-4-3-5-7-19)17-36-12-14-37-15-13-36/h3-11,16,24,32H,2,12-15,17H2,1H3,(H,33,35). The van der Waals surface area contributed by atoms with Crippen molar-refractivity contribution in [2.45, 2.75) is 19.4 Å². The fraction of sp³-hybridized carbons (Fsp3) is 0.286. The maximum atomic E-state index is 14.9. The van der Waals surface area contributed by atoms with E-state index in [0.29, 0.717) is 26.2 Å². The van der Waals surface area contributed by atoms with Crippen LogP contribution in [0.4, 0.5) is 30.6 Å². The van der Waals surface area contributed by atoms with Crippen LogP contribution in [-0.4, -0.2) is 47.9 Å². The summed E-state index contributed by atoms with van der Waals surface area (Å²) in [5, 5.41) is 14.1. The molecule has 2 N–H and O–H groups in total. The summed E-state index contributed by atoms with van der Waals surface area (Å²) in [5.74, 6) is -2.89. The average Bonchev–Trinajstić information content (AvgIpc) is 3.41. The highest BCUT2D eigenvalue weighted by molar-refractivity contribution is 5.78. The Morgan fingerprint density at radius 1 is 0.947 bits per heavy atom. The van der Waals surface area contributed by atoms with E-state index in [2.05, 4.69) is 25.7 Å². The molecular weight excluding hydrogens is 495 g/mol. The molecule has 1 aliphatic rings. The number of rotatable bonds is 9. The molecular formula is C28H28F3N5O2. The Balaban J connectivity index is 1.42. The third-order valence-electron chi connectivity index (χ3n) is 6.50.